The summed E-state index contributed by atoms with van der Waals surface area (Å²) in [6.45, 7) is 9.99. The Bertz CT molecular complexity index is 783. The third kappa shape index (κ3) is 4.04. The highest BCUT2D eigenvalue weighted by Crippen LogP contribution is 2.20. The molecule has 142 valence electrons. The second-order valence-corrected chi connectivity index (χ2v) is 6.92. The number of hydrogen-bond acceptors (Lipinski definition) is 5. The van der Waals surface area contributed by atoms with Crippen LogP contribution in [0.1, 0.15) is 34.8 Å². The zero-order valence-electron chi connectivity index (χ0n) is 15.8. The first-order valence-corrected chi connectivity index (χ1v) is 8.74. The molecule has 1 fully saturated rings. The normalized spacial score (nSPS) is 16.7. The van der Waals surface area contributed by atoms with Crippen molar-refractivity contribution in [1.29, 1.82) is 0 Å². The maximum Gasteiger partial charge on any atom is 0.251 e. The number of aryl methyl sites for hydroxylation is 3. The van der Waals surface area contributed by atoms with E-state index in [-0.39, 0.29) is 18.3 Å². The Labute approximate surface area is 160 Å². The van der Waals surface area contributed by atoms with Crippen LogP contribution >= 0.6 is 12.4 Å². The molecule has 0 saturated carbocycles. The lowest BCUT2D eigenvalue weighted by Gasteiger charge is -2.16. The van der Waals surface area contributed by atoms with E-state index in [9.17, 15) is 4.79 Å². The quantitative estimate of drug-likeness (QED) is 0.873. The largest absolute Gasteiger partial charge is 0.342 e. The Balaban J connectivity index is 0.00000243. The number of amides is 1. The number of carbonyl (C=O) groups excluding carboxylic acids is 1. The zero-order valence-corrected chi connectivity index (χ0v) is 16.6. The first-order chi connectivity index (χ1) is 11.9. The lowest BCUT2D eigenvalue weighted by molar-refractivity contribution is -0.129. The van der Waals surface area contributed by atoms with Gasteiger partial charge in [-0.25, -0.2) is 14.6 Å². The predicted molar refractivity (Wildman–Crippen MR) is 103 cm³/mol. The fraction of sp³-hybridized carbons (Fsp3) is 0.556. The molecule has 0 aromatic carbocycles. The summed E-state index contributed by atoms with van der Waals surface area (Å²) in [7, 11) is 0. The lowest BCUT2D eigenvalue weighted by Crippen LogP contribution is -2.31. The van der Waals surface area contributed by atoms with Crippen molar-refractivity contribution in [2.24, 2.45) is 11.7 Å². The zero-order chi connectivity index (χ0) is 18.1. The number of hydrogen-bond donors (Lipinski definition) is 1. The van der Waals surface area contributed by atoms with Crippen molar-refractivity contribution in [2.45, 2.75) is 40.5 Å². The Morgan fingerprint density at radius 3 is 2.46 bits per heavy atom. The number of nitrogens with two attached hydrogens (primary N) is 1. The van der Waals surface area contributed by atoms with Gasteiger partial charge in [0.25, 0.3) is 5.95 Å². The minimum atomic E-state index is 0. The molecule has 8 heteroatoms. The maximum atomic E-state index is 12.7. The number of nitrogens with zero attached hydrogens (tertiary/aromatic N) is 5. The van der Waals surface area contributed by atoms with Gasteiger partial charge in [-0.1, -0.05) is 0 Å². The van der Waals surface area contributed by atoms with E-state index >= 15 is 0 Å². The van der Waals surface area contributed by atoms with Crippen molar-refractivity contribution < 1.29 is 4.79 Å². The van der Waals surface area contributed by atoms with E-state index in [2.05, 4.69) is 15.1 Å². The van der Waals surface area contributed by atoms with E-state index in [0.29, 0.717) is 24.8 Å². The van der Waals surface area contributed by atoms with E-state index in [1.807, 2.05) is 38.7 Å². The molecule has 1 amide bonds. The Morgan fingerprint density at radius 1 is 1.23 bits per heavy atom. The molecule has 0 radical (unpaired) electrons. The molecule has 1 atom stereocenters. The molecule has 0 spiro atoms. The molecule has 1 aliphatic heterocycles. The average molecular weight is 379 g/mol. The number of likely N-dealkylation sites (tertiary alicyclic amines) is 1. The smallest absolute Gasteiger partial charge is 0.251 e. The van der Waals surface area contributed by atoms with Crippen molar-refractivity contribution >= 4 is 18.3 Å². The maximum absolute atomic E-state index is 12.7. The third-order valence-corrected chi connectivity index (χ3v) is 4.90. The van der Waals surface area contributed by atoms with Crippen molar-refractivity contribution in [2.75, 3.05) is 19.6 Å². The highest BCUT2D eigenvalue weighted by Gasteiger charge is 2.27. The molecule has 7 nitrogen and oxygen atoms in total. The summed E-state index contributed by atoms with van der Waals surface area (Å²) in [5, 5.41) is 4.57. The number of carbonyl (C=O) groups is 1. The van der Waals surface area contributed by atoms with Crippen LogP contribution in [0, 0.1) is 33.6 Å². The molecule has 3 heterocycles. The molecule has 1 unspecified atom stereocenters. The molecular formula is C18H27ClN6O. The minimum absolute atomic E-state index is 0. The van der Waals surface area contributed by atoms with Crippen LogP contribution in [0.5, 0.6) is 0 Å². The van der Waals surface area contributed by atoms with Crippen LogP contribution in [0.25, 0.3) is 5.95 Å². The van der Waals surface area contributed by atoms with E-state index in [4.69, 9.17) is 5.73 Å². The van der Waals surface area contributed by atoms with Crippen molar-refractivity contribution in [3.63, 3.8) is 0 Å². The van der Waals surface area contributed by atoms with E-state index in [1.54, 1.807) is 4.68 Å². The second-order valence-electron chi connectivity index (χ2n) is 6.92. The van der Waals surface area contributed by atoms with Crippen LogP contribution in [-0.4, -0.2) is 50.2 Å². The van der Waals surface area contributed by atoms with Gasteiger partial charge in [-0.2, -0.15) is 5.10 Å². The first kappa shape index (κ1) is 20.3. The molecule has 2 aromatic heterocycles. The van der Waals surface area contributed by atoms with Crippen molar-refractivity contribution in [1.82, 2.24) is 24.6 Å². The molecule has 1 saturated heterocycles. The Kier molecular flexibility index (Phi) is 6.36. The standard InChI is InChI=1S/C18H26N6O.ClH/c1-11-7-12(2)21-18(20-11)24-14(4)16(13(3)22-24)8-17(25)23-6-5-15(9-19)10-23;/h7,15H,5-6,8-10,19H2,1-4H3;1H. The highest BCUT2D eigenvalue weighted by molar-refractivity contribution is 5.85. The highest BCUT2D eigenvalue weighted by atomic mass is 35.5. The van der Waals surface area contributed by atoms with Gasteiger partial charge in [0.05, 0.1) is 12.1 Å². The van der Waals surface area contributed by atoms with Gasteiger partial charge in [0, 0.05) is 35.7 Å². The first-order valence-electron chi connectivity index (χ1n) is 8.74. The van der Waals surface area contributed by atoms with Crippen LogP contribution < -0.4 is 5.73 Å². The Morgan fingerprint density at radius 2 is 1.88 bits per heavy atom. The molecule has 1 aliphatic rings. The molecular weight excluding hydrogens is 352 g/mol. The van der Waals surface area contributed by atoms with Crippen molar-refractivity contribution in [3.8, 4) is 5.95 Å². The van der Waals surface area contributed by atoms with Gasteiger partial charge in [-0.15, -0.1) is 12.4 Å². The summed E-state index contributed by atoms with van der Waals surface area (Å²) in [4.78, 5) is 23.5. The summed E-state index contributed by atoms with van der Waals surface area (Å²) < 4.78 is 1.74. The van der Waals surface area contributed by atoms with E-state index in [0.717, 1.165) is 47.8 Å². The Hall–Kier alpha value is -1.99. The van der Waals surface area contributed by atoms with E-state index in [1.165, 1.54) is 0 Å². The summed E-state index contributed by atoms with van der Waals surface area (Å²) in [6.07, 6.45) is 1.36. The van der Waals surface area contributed by atoms with Gasteiger partial charge in [0.1, 0.15) is 0 Å². The molecule has 0 aliphatic carbocycles. The number of aromatic nitrogens is 4. The molecule has 2 aromatic rings. The molecule has 0 bridgehead atoms. The van der Waals surface area contributed by atoms with Crippen LogP contribution in [0.4, 0.5) is 0 Å². The van der Waals surface area contributed by atoms with E-state index < -0.39 is 0 Å². The predicted octanol–water partition coefficient (Wildman–Crippen LogP) is 1.67. The minimum Gasteiger partial charge on any atom is -0.342 e. The van der Waals surface area contributed by atoms with Crippen LogP contribution in [-0.2, 0) is 11.2 Å². The van der Waals surface area contributed by atoms with Gasteiger partial charge in [0.2, 0.25) is 5.91 Å². The van der Waals surface area contributed by atoms with Crippen molar-refractivity contribution in [3.05, 3.63) is 34.4 Å². The summed E-state index contributed by atoms with van der Waals surface area (Å²) >= 11 is 0. The number of halogens is 1. The van der Waals surface area contributed by atoms with Crippen LogP contribution in [0.2, 0.25) is 0 Å². The van der Waals surface area contributed by atoms with Crippen LogP contribution in [0.3, 0.4) is 0 Å². The van der Waals surface area contributed by atoms with Gasteiger partial charge in [-0.05, 0) is 52.6 Å². The summed E-state index contributed by atoms with van der Waals surface area (Å²) in [5.41, 5.74) is 10.3. The van der Waals surface area contributed by atoms with Gasteiger partial charge < -0.3 is 10.6 Å². The van der Waals surface area contributed by atoms with Crippen LogP contribution in [0.15, 0.2) is 6.07 Å². The lowest BCUT2D eigenvalue weighted by atomic mass is 10.1. The monoisotopic (exact) mass is 378 g/mol. The topological polar surface area (TPSA) is 89.9 Å². The van der Waals surface area contributed by atoms with Gasteiger partial charge in [0.15, 0.2) is 0 Å². The molecule has 26 heavy (non-hydrogen) atoms. The fourth-order valence-electron chi connectivity index (χ4n) is 3.44. The third-order valence-electron chi connectivity index (χ3n) is 4.90. The van der Waals surface area contributed by atoms with Gasteiger partial charge in [-0.3, -0.25) is 4.79 Å². The number of rotatable bonds is 4. The summed E-state index contributed by atoms with van der Waals surface area (Å²) in [5.74, 6) is 1.13. The molecule has 2 N–H and O–H groups in total. The average Bonchev–Trinajstić information content (AvgIpc) is 3.14. The second kappa shape index (κ2) is 8.14. The fourth-order valence-corrected chi connectivity index (χ4v) is 3.44. The SMILES string of the molecule is Cc1cc(C)nc(-n2nc(C)c(CC(=O)N3CCC(CN)C3)c2C)n1.Cl. The van der Waals surface area contributed by atoms with Gasteiger partial charge >= 0.3 is 0 Å². The molecule has 3 rings (SSSR count). The summed E-state index contributed by atoms with van der Waals surface area (Å²) in [6, 6.07) is 1.93.